The molecule has 0 N–H and O–H groups in total. The van der Waals surface area contributed by atoms with Gasteiger partial charge in [-0.25, -0.2) is 9.37 Å². The number of thiocarbonyl (C=S) groups is 1. The Morgan fingerprint density at radius 3 is 2.54 bits per heavy atom. The van der Waals surface area contributed by atoms with Crippen molar-refractivity contribution in [2.75, 3.05) is 9.80 Å². The van der Waals surface area contributed by atoms with E-state index < -0.39 is 34.7 Å². The molecule has 2 aliphatic rings. The molecule has 1 amide bonds. The first-order valence-electron chi connectivity index (χ1n) is 11.1. The fourth-order valence-corrected chi connectivity index (χ4v) is 4.95. The molecule has 0 unspecified atom stereocenters. The lowest BCUT2D eigenvalue weighted by Gasteiger charge is -2.43. The largest absolute Gasteiger partial charge is 0.486 e. The zero-order valence-electron chi connectivity index (χ0n) is 19.0. The molecule has 1 aliphatic carbocycles. The van der Waals surface area contributed by atoms with Gasteiger partial charge < -0.3 is 9.64 Å². The maximum absolute atomic E-state index is 15.0. The number of alkyl halides is 3. The van der Waals surface area contributed by atoms with E-state index in [0.29, 0.717) is 25.3 Å². The van der Waals surface area contributed by atoms with Crippen LogP contribution in [0.25, 0.3) is 0 Å². The smallest absolute Gasteiger partial charge is 0.419 e. The van der Waals surface area contributed by atoms with Crippen molar-refractivity contribution in [3.8, 4) is 11.8 Å². The fraction of sp³-hybridized carbons (Fsp3) is 0.240. The number of rotatable bonds is 5. The van der Waals surface area contributed by atoms with Crippen LogP contribution in [0.5, 0.6) is 5.75 Å². The van der Waals surface area contributed by atoms with E-state index in [9.17, 15) is 18.0 Å². The highest BCUT2D eigenvalue weighted by Gasteiger charge is 2.59. The molecule has 3 heterocycles. The molecule has 37 heavy (non-hydrogen) atoms. The van der Waals surface area contributed by atoms with Crippen LogP contribution >= 0.6 is 12.2 Å². The van der Waals surface area contributed by atoms with Crippen LogP contribution in [0.15, 0.2) is 55.0 Å². The molecule has 12 heteroatoms. The molecule has 1 saturated carbocycles. The minimum absolute atomic E-state index is 0.0188. The Morgan fingerprint density at radius 2 is 1.95 bits per heavy atom. The Labute approximate surface area is 213 Å². The number of anilines is 2. The summed E-state index contributed by atoms with van der Waals surface area (Å²) in [7, 11) is 0. The van der Waals surface area contributed by atoms with Crippen LogP contribution in [0.2, 0.25) is 0 Å². The number of nitriles is 1. The van der Waals surface area contributed by atoms with E-state index in [0.717, 1.165) is 16.7 Å². The lowest BCUT2D eigenvalue weighted by Crippen LogP contribution is -2.55. The summed E-state index contributed by atoms with van der Waals surface area (Å²) >= 11 is 5.54. The number of amides is 1. The minimum Gasteiger partial charge on any atom is -0.486 e. The van der Waals surface area contributed by atoms with E-state index in [2.05, 4.69) is 9.97 Å². The molecular weight excluding hydrogens is 510 g/mol. The summed E-state index contributed by atoms with van der Waals surface area (Å²) in [6.45, 7) is 0.0929. The molecule has 0 atom stereocenters. The van der Waals surface area contributed by atoms with Gasteiger partial charge in [0.1, 0.15) is 18.2 Å². The summed E-state index contributed by atoms with van der Waals surface area (Å²) in [6, 6.07) is 9.74. The molecule has 7 nitrogen and oxygen atoms in total. The zero-order chi connectivity index (χ0) is 26.4. The van der Waals surface area contributed by atoms with E-state index in [1.807, 2.05) is 0 Å². The number of nitrogens with zero attached hydrogens (tertiary/aromatic N) is 5. The van der Waals surface area contributed by atoms with E-state index in [-0.39, 0.29) is 28.8 Å². The van der Waals surface area contributed by atoms with Gasteiger partial charge in [0.25, 0.3) is 5.91 Å². The summed E-state index contributed by atoms with van der Waals surface area (Å²) in [5, 5.41) is 8.93. The Morgan fingerprint density at radius 1 is 1.16 bits per heavy atom. The Kier molecular flexibility index (Phi) is 6.03. The maximum atomic E-state index is 15.0. The Balaban J connectivity index is 1.48. The first kappa shape index (κ1) is 24.6. The monoisotopic (exact) mass is 527 g/mol. The lowest BCUT2D eigenvalue weighted by molar-refractivity contribution is -0.138. The van der Waals surface area contributed by atoms with Crippen molar-refractivity contribution in [1.82, 2.24) is 9.97 Å². The van der Waals surface area contributed by atoms with Crippen molar-refractivity contribution in [1.29, 1.82) is 5.26 Å². The number of hydrogen-bond acceptors (Lipinski definition) is 6. The fourth-order valence-electron chi connectivity index (χ4n) is 4.48. The molecule has 0 radical (unpaired) electrons. The molecule has 2 fully saturated rings. The number of benzene rings is 1. The summed E-state index contributed by atoms with van der Waals surface area (Å²) in [6.07, 6.45) is 0.810. The molecular formula is C25H17F4N5O2S. The van der Waals surface area contributed by atoms with Gasteiger partial charge in [0.2, 0.25) is 0 Å². The van der Waals surface area contributed by atoms with Crippen molar-refractivity contribution in [3.05, 3.63) is 77.6 Å². The van der Waals surface area contributed by atoms with Crippen LogP contribution in [0.4, 0.5) is 28.9 Å². The maximum Gasteiger partial charge on any atom is 0.419 e. The van der Waals surface area contributed by atoms with E-state index in [1.165, 1.54) is 23.1 Å². The third-order valence-corrected chi connectivity index (χ3v) is 6.79. The quantitative estimate of drug-likeness (QED) is 0.336. The molecule has 5 rings (SSSR count). The van der Waals surface area contributed by atoms with Gasteiger partial charge in [0.15, 0.2) is 22.4 Å². The van der Waals surface area contributed by atoms with E-state index >= 15 is 4.39 Å². The second-order valence-corrected chi connectivity index (χ2v) is 8.97. The molecule has 1 saturated heterocycles. The predicted molar refractivity (Wildman–Crippen MR) is 128 cm³/mol. The number of aromatic nitrogens is 2. The summed E-state index contributed by atoms with van der Waals surface area (Å²) in [5.41, 5.74) is -2.43. The third kappa shape index (κ3) is 4.15. The SMILES string of the molecule is N#Cc1ncc(N2C(=O)C3(CCC3)N(c3ccc(OCc4cccnc4)c(F)c3)C2=S)cc1C(F)(F)F. The highest BCUT2D eigenvalue weighted by molar-refractivity contribution is 7.81. The number of pyridine rings is 2. The van der Waals surface area contributed by atoms with E-state index in [1.54, 1.807) is 30.6 Å². The highest BCUT2D eigenvalue weighted by atomic mass is 32.1. The van der Waals surface area contributed by atoms with Crippen LogP contribution in [-0.2, 0) is 17.6 Å². The van der Waals surface area contributed by atoms with Gasteiger partial charge in [-0.2, -0.15) is 18.4 Å². The number of hydrogen-bond donors (Lipinski definition) is 0. The molecule has 0 bridgehead atoms. The van der Waals surface area contributed by atoms with Crippen LogP contribution in [0.3, 0.4) is 0 Å². The third-order valence-electron chi connectivity index (χ3n) is 6.43. The minimum atomic E-state index is -4.86. The Hall–Kier alpha value is -4.11. The average molecular weight is 528 g/mol. The van der Waals surface area contributed by atoms with Gasteiger partial charge in [-0.15, -0.1) is 0 Å². The molecule has 3 aromatic rings. The van der Waals surface area contributed by atoms with Crippen molar-refractivity contribution in [2.45, 2.75) is 37.6 Å². The second-order valence-electron chi connectivity index (χ2n) is 8.61. The van der Waals surface area contributed by atoms with Gasteiger partial charge in [-0.05, 0) is 55.7 Å². The molecule has 188 valence electrons. The van der Waals surface area contributed by atoms with Crippen LogP contribution in [-0.4, -0.2) is 26.5 Å². The summed E-state index contributed by atoms with van der Waals surface area (Å²) in [4.78, 5) is 23.6. The summed E-state index contributed by atoms with van der Waals surface area (Å²) in [5.74, 6) is -1.24. The van der Waals surface area contributed by atoms with Crippen molar-refractivity contribution in [3.63, 3.8) is 0 Å². The Bertz CT molecular complexity index is 1440. The molecule has 1 aliphatic heterocycles. The number of halogens is 4. The number of carbonyl (C=O) groups excluding carboxylic acids is 1. The first-order valence-corrected chi connectivity index (χ1v) is 11.5. The molecule has 1 aromatic carbocycles. The van der Waals surface area contributed by atoms with E-state index in [4.69, 9.17) is 22.2 Å². The van der Waals surface area contributed by atoms with Crippen LogP contribution < -0.4 is 14.5 Å². The van der Waals surface area contributed by atoms with Crippen LogP contribution in [0.1, 0.15) is 36.1 Å². The van der Waals surface area contributed by atoms with Crippen molar-refractivity contribution in [2.24, 2.45) is 0 Å². The summed E-state index contributed by atoms with van der Waals surface area (Å²) < 4.78 is 61.1. The highest BCUT2D eigenvalue weighted by Crippen LogP contribution is 2.48. The normalized spacial score (nSPS) is 16.6. The predicted octanol–water partition coefficient (Wildman–Crippen LogP) is 5.15. The lowest BCUT2D eigenvalue weighted by atomic mass is 9.75. The van der Waals surface area contributed by atoms with Crippen molar-refractivity contribution >= 4 is 34.6 Å². The van der Waals surface area contributed by atoms with Crippen molar-refractivity contribution < 1.29 is 27.1 Å². The zero-order valence-corrected chi connectivity index (χ0v) is 19.8. The van der Waals surface area contributed by atoms with Gasteiger partial charge in [0, 0.05) is 29.7 Å². The first-order chi connectivity index (χ1) is 17.7. The standard InChI is InChI=1S/C25H17F4N5O2S/c26-19-10-16(4-5-21(19)36-14-15-3-1-8-31-12-15)34-23(37)33(22(35)24(34)6-2-7-24)17-9-18(25(27,28)29)20(11-30)32-13-17/h1,3-5,8-10,12-13H,2,6-7,14H2. The van der Waals surface area contributed by atoms with Crippen LogP contribution in [0, 0.1) is 17.1 Å². The second kappa shape index (κ2) is 9.08. The number of carbonyl (C=O) groups is 1. The molecule has 2 aromatic heterocycles. The van der Waals surface area contributed by atoms with Gasteiger partial charge in [-0.3, -0.25) is 14.7 Å². The number of ether oxygens (including phenoxy) is 1. The molecule has 1 spiro atoms. The van der Waals surface area contributed by atoms with Gasteiger partial charge >= 0.3 is 6.18 Å². The average Bonchev–Trinajstić information content (AvgIpc) is 3.09. The van der Waals surface area contributed by atoms with Gasteiger partial charge in [0.05, 0.1) is 17.4 Å². The topological polar surface area (TPSA) is 82.4 Å². The van der Waals surface area contributed by atoms with Gasteiger partial charge in [-0.1, -0.05) is 6.07 Å².